The third kappa shape index (κ3) is 4.69. The van der Waals surface area contributed by atoms with Crippen molar-refractivity contribution >= 4 is 5.91 Å². The summed E-state index contributed by atoms with van der Waals surface area (Å²) < 4.78 is 39.9. The van der Waals surface area contributed by atoms with E-state index in [4.69, 9.17) is 0 Å². The Morgan fingerprint density at radius 1 is 1.11 bits per heavy atom. The van der Waals surface area contributed by atoms with E-state index < -0.39 is 11.7 Å². The summed E-state index contributed by atoms with van der Waals surface area (Å²) in [6.07, 6.45) is -2.80. The summed E-state index contributed by atoms with van der Waals surface area (Å²) in [5.74, 6) is -0.192. The number of hydrogen-bond donors (Lipinski definition) is 0. The third-order valence-corrected chi connectivity index (χ3v) is 4.01. The molecule has 6 nitrogen and oxygen atoms in total. The predicted octanol–water partition coefficient (Wildman–Crippen LogP) is 2.88. The van der Waals surface area contributed by atoms with Gasteiger partial charge in [-0.05, 0) is 45.8 Å². The molecule has 0 atom stereocenters. The first-order valence-corrected chi connectivity index (χ1v) is 8.05. The number of carbonyl (C=O) groups excluding carboxylic acids is 1. The number of halogens is 3. The summed E-state index contributed by atoms with van der Waals surface area (Å²) >= 11 is 0. The van der Waals surface area contributed by atoms with Crippen LogP contribution in [-0.4, -0.2) is 38.1 Å². The number of aromatic nitrogens is 4. The predicted molar refractivity (Wildman–Crippen MR) is 90.8 cm³/mol. The zero-order chi connectivity index (χ0) is 19.4. The first-order chi connectivity index (χ1) is 12.8. The van der Waals surface area contributed by atoms with Crippen molar-refractivity contribution in [3.05, 3.63) is 71.5 Å². The van der Waals surface area contributed by atoms with E-state index in [0.29, 0.717) is 5.56 Å². The number of nitrogens with zero attached hydrogens (tertiary/aromatic N) is 5. The molecular formula is C18H16F3N5O. The van der Waals surface area contributed by atoms with Crippen LogP contribution < -0.4 is 0 Å². The quantitative estimate of drug-likeness (QED) is 0.688. The lowest BCUT2D eigenvalue weighted by molar-refractivity contribution is -0.137. The van der Waals surface area contributed by atoms with E-state index >= 15 is 0 Å². The second-order valence-corrected chi connectivity index (χ2v) is 6.05. The molecule has 3 rings (SSSR count). The minimum atomic E-state index is -4.40. The molecule has 0 bridgehead atoms. The van der Waals surface area contributed by atoms with Crippen LogP contribution in [0.25, 0.3) is 5.69 Å². The molecule has 27 heavy (non-hydrogen) atoms. The average molecular weight is 375 g/mol. The van der Waals surface area contributed by atoms with E-state index in [-0.39, 0.29) is 18.9 Å². The fraction of sp³-hybridized carbons (Fsp3) is 0.222. The molecule has 0 aliphatic heterocycles. The van der Waals surface area contributed by atoms with Crippen LogP contribution in [0.4, 0.5) is 13.2 Å². The van der Waals surface area contributed by atoms with E-state index in [1.165, 1.54) is 22.0 Å². The van der Waals surface area contributed by atoms with Gasteiger partial charge in [-0.3, -0.25) is 4.79 Å². The van der Waals surface area contributed by atoms with Crippen molar-refractivity contribution in [2.75, 3.05) is 7.05 Å². The van der Waals surface area contributed by atoms with Gasteiger partial charge in [-0.1, -0.05) is 24.3 Å². The molecule has 0 unspecified atom stereocenters. The van der Waals surface area contributed by atoms with Gasteiger partial charge in [0.2, 0.25) is 5.91 Å². The second kappa shape index (κ2) is 7.56. The Labute approximate surface area is 153 Å². The van der Waals surface area contributed by atoms with Gasteiger partial charge < -0.3 is 4.90 Å². The molecule has 9 heteroatoms. The maximum atomic E-state index is 12.8. The van der Waals surface area contributed by atoms with Gasteiger partial charge in [0.25, 0.3) is 0 Å². The molecule has 0 N–H and O–H groups in total. The van der Waals surface area contributed by atoms with Gasteiger partial charge >= 0.3 is 6.18 Å². The maximum Gasteiger partial charge on any atom is 0.416 e. The molecule has 0 aliphatic carbocycles. The molecule has 0 aliphatic rings. The number of benzene rings is 2. The van der Waals surface area contributed by atoms with Crippen LogP contribution in [-0.2, 0) is 23.9 Å². The van der Waals surface area contributed by atoms with Crippen molar-refractivity contribution in [2.24, 2.45) is 0 Å². The first-order valence-electron chi connectivity index (χ1n) is 8.05. The summed E-state index contributed by atoms with van der Waals surface area (Å²) in [6.45, 7) is 0.103. The highest BCUT2D eigenvalue weighted by Gasteiger charge is 2.30. The summed E-state index contributed by atoms with van der Waals surface area (Å²) in [5, 5.41) is 10.9. The van der Waals surface area contributed by atoms with Crippen LogP contribution in [0.3, 0.4) is 0 Å². The van der Waals surface area contributed by atoms with Crippen LogP contribution in [0.15, 0.2) is 54.9 Å². The average Bonchev–Trinajstić information content (AvgIpc) is 3.16. The van der Waals surface area contributed by atoms with E-state index in [1.807, 2.05) is 0 Å². The second-order valence-electron chi connectivity index (χ2n) is 6.05. The summed E-state index contributed by atoms with van der Waals surface area (Å²) in [5.41, 5.74) is 1.25. The Hall–Kier alpha value is -3.23. The lowest BCUT2D eigenvalue weighted by Gasteiger charge is -2.18. The molecule has 2 aromatic carbocycles. The van der Waals surface area contributed by atoms with Crippen LogP contribution in [0.1, 0.15) is 16.7 Å². The summed E-state index contributed by atoms with van der Waals surface area (Å²) in [6, 6.07) is 12.1. The molecule has 140 valence electrons. The summed E-state index contributed by atoms with van der Waals surface area (Å²) in [4.78, 5) is 13.8. The minimum Gasteiger partial charge on any atom is -0.341 e. The SMILES string of the molecule is CN(Cc1cccc(C(F)(F)F)c1)C(=O)Cc1ccc(-n2cnnn2)cc1. The lowest BCUT2D eigenvalue weighted by atomic mass is 10.1. The van der Waals surface area contributed by atoms with Crippen LogP contribution in [0, 0.1) is 0 Å². The standard InChI is InChI=1S/C18H16F3N5O/c1-25(11-14-3-2-4-15(9-14)18(19,20)21)17(27)10-13-5-7-16(8-6-13)26-12-22-23-24-26/h2-9,12H,10-11H2,1H3. The van der Waals surface area contributed by atoms with Crippen LogP contribution in [0.5, 0.6) is 0 Å². The number of likely N-dealkylation sites (N-methyl/N-ethyl adjacent to an activating group) is 1. The van der Waals surface area contributed by atoms with Crippen LogP contribution >= 0.6 is 0 Å². The molecule has 0 spiro atoms. The van der Waals surface area contributed by atoms with E-state index in [2.05, 4.69) is 15.5 Å². The number of alkyl halides is 3. The Bertz CT molecular complexity index is 908. The first kappa shape index (κ1) is 18.6. The van der Waals surface area contributed by atoms with Gasteiger partial charge in [0.1, 0.15) is 6.33 Å². The Balaban J connectivity index is 1.62. The van der Waals surface area contributed by atoms with Gasteiger partial charge in [0.05, 0.1) is 17.7 Å². The van der Waals surface area contributed by atoms with E-state index in [9.17, 15) is 18.0 Å². The van der Waals surface area contributed by atoms with E-state index in [0.717, 1.165) is 23.4 Å². The smallest absolute Gasteiger partial charge is 0.341 e. The molecule has 3 aromatic rings. The molecule has 0 saturated heterocycles. The van der Waals surface area contributed by atoms with Crippen molar-refractivity contribution in [1.82, 2.24) is 25.1 Å². The minimum absolute atomic E-state index is 0.103. The zero-order valence-corrected chi connectivity index (χ0v) is 14.4. The number of hydrogen-bond acceptors (Lipinski definition) is 4. The normalized spacial score (nSPS) is 11.4. The highest BCUT2D eigenvalue weighted by molar-refractivity contribution is 5.78. The van der Waals surface area contributed by atoms with Crippen molar-refractivity contribution < 1.29 is 18.0 Å². The third-order valence-electron chi connectivity index (χ3n) is 4.01. The Morgan fingerprint density at radius 3 is 2.48 bits per heavy atom. The highest BCUT2D eigenvalue weighted by atomic mass is 19.4. The van der Waals surface area contributed by atoms with Crippen molar-refractivity contribution in [2.45, 2.75) is 19.1 Å². The number of rotatable bonds is 5. The fourth-order valence-electron chi connectivity index (χ4n) is 2.56. The maximum absolute atomic E-state index is 12.8. The van der Waals surface area contributed by atoms with Crippen molar-refractivity contribution in [1.29, 1.82) is 0 Å². The fourth-order valence-corrected chi connectivity index (χ4v) is 2.56. The van der Waals surface area contributed by atoms with Gasteiger partial charge in [-0.2, -0.15) is 13.2 Å². The largest absolute Gasteiger partial charge is 0.416 e. The topological polar surface area (TPSA) is 63.9 Å². The van der Waals surface area contributed by atoms with Gasteiger partial charge in [0, 0.05) is 13.6 Å². The van der Waals surface area contributed by atoms with Gasteiger partial charge in [-0.25, -0.2) is 4.68 Å². The molecule has 0 saturated carbocycles. The Kier molecular flexibility index (Phi) is 5.20. The molecule has 1 aromatic heterocycles. The van der Waals surface area contributed by atoms with Crippen molar-refractivity contribution in [3.63, 3.8) is 0 Å². The highest BCUT2D eigenvalue weighted by Crippen LogP contribution is 2.29. The van der Waals surface area contributed by atoms with Gasteiger partial charge in [-0.15, -0.1) is 5.10 Å². The molecule has 0 fully saturated rings. The Morgan fingerprint density at radius 2 is 1.85 bits per heavy atom. The number of carbonyl (C=O) groups is 1. The van der Waals surface area contributed by atoms with E-state index in [1.54, 1.807) is 37.4 Å². The molecular weight excluding hydrogens is 359 g/mol. The number of amides is 1. The lowest BCUT2D eigenvalue weighted by Crippen LogP contribution is -2.27. The summed E-state index contributed by atoms with van der Waals surface area (Å²) in [7, 11) is 1.57. The van der Waals surface area contributed by atoms with Gasteiger partial charge in [0.15, 0.2) is 0 Å². The van der Waals surface area contributed by atoms with Crippen molar-refractivity contribution in [3.8, 4) is 5.69 Å². The molecule has 0 radical (unpaired) electrons. The van der Waals surface area contributed by atoms with Crippen LogP contribution in [0.2, 0.25) is 0 Å². The monoisotopic (exact) mass is 375 g/mol. The molecule has 1 amide bonds. The molecule has 1 heterocycles. The number of tetrazole rings is 1. The zero-order valence-electron chi connectivity index (χ0n) is 14.4.